The standard InChI is InChI=1S/C17H26O2/c1-3-4-11(2)17(18)19-10-16-14-6-12-5-13(8-14)9-15(16)7-12/h12-16H,2-10H2,1H3. The van der Waals surface area contributed by atoms with E-state index in [0.29, 0.717) is 18.1 Å². The molecule has 0 atom stereocenters. The van der Waals surface area contributed by atoms with E-state index in [2.05, 4.69) is 13.5 Å². The normalized spacial score (nSPS) is 39.3. The zero-order valence-corrected chi connectivity index (χ0v) is 12.1. The summed E-state index contributed by atoms with van der Waals surface area (Å²) in [6.45, 7) is 6.54. The van der Waals surface area contributed by atoms with Gasteiger partial charge in [0.05, 0.1) is 6.61 Å². The molecule has 0 aliphatic heterocycles. The van der Waals surface area contributed by atoms with E-state index in [9.17, 15) is 4.79 Å². The van der Waals surface area contributed by atoms with E-state index in [1.54, 1.807) is 0 Å². The molecule has 0 heterocycles. The van der Waals surface area contributed by atoms with Crippen molar-refractivity contribution in [2.24, 2.45) is 29.6 Å². The van der Waals surface area contributed by atoms with Crippen LogP contribution in [-0.2, 0) is 9.53 Å². The summed E-state index contributed by atoms with van der Waals surface area (Å²) < 4.78 is 5.54. The molecule has 0 aromatic rings. The second-order valence-electron chi connectivity index (χ2n) is 7.05. The zero-order valence-electron chi connectivity index (χ0n) is 12.1. The minimum absolute atomic E-state index is 0.157. The molecule has 4 rings (SSSR count). The van der Waals surface area contributed by atoms with Gasteiger partial charge in [0.15, 0.2) is 0 Å². The van der Waals surface area contributed by atoms with Gasteiger partial charge in [-0.3, -0.25) is 0 Å². The van der Waals surface area contributed by atoms with E-state index in [-0.39, 0.29) is 5.97 Å². The number of rotatable bonds is 5. The van der Waals surface area contributed by atoms with Gasteiger partial charge in [-0.25, -0.2) is 4.79 Å². The number of carbonyl (C=O) groups is 1. The quantitative estimate of drug-likeness (QED) is 0.554. The minimum Gasteiger partial charge on any atom is -0.462 e. The first kappa shape index (κ1) is 13.2. The lowest BCUT2D eigenvalue weighted by molar-refractivity contribution is -0.145. The fourth-order valence-corrected chi connectivity index (χ4v) is 4.99. The maximum absolute atomic E-state index is 11.8. The minimum atomic E-state index is -0.157. The number of esters is 1. The van der Waals surface area contributed by atoms with Gasteiger partial charge in [-0.2, -0.15) is 0 Å². The van der Waals surface area contributed by atoms with Crippen molar-refractivity contribution < 1.29 is 9.53 Å². The molecule has 0 saturated heterocycles. The molecule has 2 nitrogen and oxygen atoms in total. The van der Waals surface area contributed by atoms with Crippen molar-refractivity contribution >= 4 is 5.97 Å². The van der Waals surface area contributed by atoms with Crippen molar-refractivity contribution in [2.45, 2.75) is 51.9 Å². The van der Waals surface area contributed by atoms with Crippen molar-refractivity contribution in [1.82, 2.24) is 0 Å². The summed E-state index contributed by atoms with van der Waals surface area (Å²) in [6, 6.07) is 0. The maximum atomic E-state index is 11.8. The fourth-order valence-electron chi connectivity index (χ4n) is 4.99. The highest BCUT2D eigenvalue weighted by Crippen LogP contribution is 2.56. The molecule has 106 valence electrons. The Kier molecular flexibility index (Phi) is 3.68. The second kappa shape index (κ2) is 5.30. The van der Waals surface area contributed by atoms with Crippen LogP contribution in [-0.4, -0.2) is 12.6 Å². The van der Waals surface area contributed by atoms with Gasteiger partial charge in [-0.1, -0.05) is 19.9 Å². The fraction of sp³-hybridized carbons (Fsp3) is 0.824. The number of carbonyl (C=O) groups excluding carboxylic acids is 1. The molecule has 0 unspecified atom stereocenters. The molecule has 0 radical (unpaired) electrons. The molecule has 4 aliphatic carbocycles. The van der Waals surface area contributed by atoms with Gasteiger partial charge in [0, 0.05) is 5.57 Å². The topological polar surface area (TPSA) is 26.3 Å². The summed E-state index contributed by atoms with van der Waals surface area (Å²) in [6.07, 6.45) is 8.78. The van der Waals surface area contributed by atoms with Crippen LogP contribution >= 0.6 is 0 Å². The predicted molar refractivity (Wildman–Crippen MR) is 75.5 cm³/mol. The van der Waals surface area contributed by atoms with Crippen LogP contribution in [0.2, 0.25) is 0 Å². The van der Waals surface area contributed by atoms with Gasteiger partial charge in [0.1, 0.15) is 0 Å². The Morgan fingerprint density at radius 2 is 1.68 bits per heavy atom. The van der Waals surface area contributed by atoms with Crippen LogP contribution in [0.4, 0.5) is 0 Å². The Morgan fingerprint density at radius 3 is 2.21 bits per heavy atom. The second-order valence-corrected chi connectivity index (χ2v) is 7.05. The Hall–Kier alpha value is -0.790. The molecule has 4 aliphatic rings. The van der Waals surface area contributed by atoms with Crippen molar-refractivity contribution in [3.63, 3.8) is 0 Å². The smallest absolute Gasteiger partial charge is 0.333 e. The largest absolute Gasteiger partial charge is 0.462 e. The Morgan fingerprint density at radius 1 is 1.11 bits per heavy atom. The Balaban J connectivity index is 1.53. The van der Waals surface area contributed by atoms with Crippen molar-refractivity contribution in [1.29, 1.82) is 0 Å². The van der Waals surface area contributed by atoms with Crippen molar-refractivity contribution in [3.05, 3.63) is 12.2 Å². The Labute approximate surface area is 116 Å². The monoisotopic (exact) mass is 262 g/mol. The highest BCUT2D eigenvalue weighted by Gasteiger charge is 2.48. The van der Waals surface area contributed by atoms with E-state index in [1.165, 1.54) is 32.1 Å². The third-order valence-corrected chi connectivity index (χ3v) is 5.67. The van der Waals surface area contributed by atoms with E-state index < -0.39 is 0 Å². The molecular weight excluding hydrogens is 236 g/mol. The average molecular weight is 262 g/mol. The first-order valence-electron chi connectivity index (χ1n) is 8.02. The molecule has 2 heteroatoms. The van der Waals surface area contributed by atoms with Gasteiger partial charge in [0.2, 0.25) is 0 Å². The Bertz CT molecular complexity index is 343. The number of hydrogen-bond donors (Lipinski definition) is 0. The van der Waals surface area contributed by atoms with Crippen LogP contribution in [0.25, 0.3) is 0 Å². The van der Waals surface area contributed by atoms with Crippen LogP contribution in [0.3, 0.4) is 0 Å². The lowest BCUT2D eigenvalue weighted by Crippen LogP contribution is -2.46. The number of hydrogen-bond acceptors (Lipinski definition) is 2. The summed E-state index contributed by atoms with van der Waals surface area (Å²) in [5.41, 5.74) is 0.645. The third-order valence-electron chi connectivity index (χ3n) is 5.67. The van der Waals surface area contributed by atoms with Gasteiger partial charge in [0.25, 0.3) is 0 Å². The molecule has 4 saturated carbocycles. The van der Waals surface area contributed by atoms with E-state index >= 15 is 0 Å². The first-order chi connectivity index (χ1) is 9.17. The van der Waals surface area contributed by atoms with Crippen LogP contribution in [0.15, 0.2) is 12.2 Å². The molecule has 0 spiro atoms. The van der Waals surface area contributed by atoms with E-state index in [1.807, 2.05) is 0 Å². The van der Waals surface area contributed by atoms with Gasteiger partial charge >= 0.3 is 5.97 Å². The lowest BCUT2D eigenvalue weighted by atomic mass is 9.52. The molecule has 0 aromatic heterocycles. The van der Waals surface area contributed by atoms with Gasteiger partial charge < -0.3 is 4.74 Å². The predicted octanol–water partition coefficient (Wildman–Crippen LogP) is 3.96. The SMILES string of the molecule is C=C(CCC)C(=O)OCC1C2CC3CC(C2)CC1C3. The molecule has 0 N–H and O–H groups in total. The summed E-state index contributed by atoms with van der Waals surface area (Å²) in [5.74, 6) is 4.14. The zero-order chi connectivity index (χ0) is 13.4. The molecule has 4 bridgehead atoms. The number of ether oxygens (including phenoxy) is 1. The highest BCUT2D eigenvalue weighted by atomic mass is 16.5. The summed E-state index contributed by atoms with van der Waals surface area (Å²) in [7, 11) is 0. The van der Waals surface area contributed by atoms with Gasteiger partial charge in [-0.15, -0.1) is 0 Å². The van der Waals surface area contributed by atoms with Crippen LogP contribution < -0.4 is 0 Å². The maximum Gasteiger partial charge on any atom is 0.333 e. The van der Waals surface area contributed by atoms with E-state index in [4.69, 9.17) is 4.74 Å². The van der Waals surface area contributed by atoms with Gasteiger partial charge in [-0.05, 0) is 68.1 Å². The van der Waals surface area contributed by atoms with E-state index in [0.717, 1.165) is 36.5 Å². The molecular formula is C17H26O2. The molecule has 0 amide bonds. The van der Waals surface area contributed by atoms with Crippen LogP contribution in [0, 0.1) is 29.6 Å². The first-order valence-corrected chi connectivity index (χ1v) is 8.02. The third kappa shape index (κ3) is 2.59. The highest BCUT2D eigenvalue weighted by molar-refractivity contribution is 5.87. The molecule has 4 fully saturated rings. The summed E-state index contributed by atoms with van der Waals surface area (Å²) >= 11 is 0. The lowest BCUT2D eigenvalue weighted by Gasteiger charge is -2.54. The summed E-state index contributed by atoms with van der Waals surface area (Å²) in [4.78, 5) is 11.8. The molecule has 19 heavy (non-hydrogen) atoms. The van der Waals surface area contributed by atoms with Crippen LogP contribution in [0.5, 0.6) is 0 Å². The van der Waals surface area contributed by atoms with Crippen molar-refractivity contribution in [3.8, 4) is 0 Å². The average Bonchev–Trinajstić information content (AvgIpc) is 2.37. The summed E-state index contributed by atoms with van der Waals surface area (Å²) in [5, 5.41) is 0. The van der Waals surface area contributed by atoms with Crippen LogP contribution in [0.1, 0.15) is 51.9 Å². The molecule has 0 aromatic carbocycles. The van der Waals surface area contributed by atoms with Crippen molar-refractivity contribution in [2.75, 3.05) is 6.61 Å².